The van der Waals surface area contributed by atoms with E-state index in [0.29, 0.717) is 51.9 Å². The lowest BCUT2D eigenvalue weighted by molar-refractivity contribution is -0.299. The van der Waals surface area contributed by atoms with E-state index in [1.165, 1.54) is 14.2 Å². The van der Waals surface area contributed by atoms with Crippen LogP contribution in [0.1, 0.15) is 27.4 Å². The van der Waals surface area contributed by atoms with Gasteiger partial charge in [-0.3, -0.25) is 4.79 Å². The van der Waals surface area contributed by atoms with Gasteiger partial charge in [0.25, 0.3) is 0 Å². The number of ether oxygens (including phenoxy) is 7. The van der Waals surface area contributed by atoms with Crippen LogP contribution in [-0.2, 0) is 15.9 Å². The number of ketones is 1. The van der Waals surface area contributed by atoms with Crippen LogP contribution < -0.4 is 23.7 Å². The van der Waals surface area contributed by atoms with E-state index < -0.39 is 55.4 Å². The summed E-state index contributed by atoms with van der Waals surface area (Å²) in [5, 5.41) is 39.6. The largest absolute Gasteiger partial charge is 0.493 e. The minimum Gasteiger partial charge on any atom is -0.493 e. The Bertz CT molecular complexity index is 1360. The molecule has 0 amide bonds. The number of benzene rings is 2. The molecule has 0 unspecified atom stereocenters. The van der Waals surface area contributed by atoms with Crippen LogP contribution in [0, 0.1) is 0 Å². The molecule has 4 N–H and O–H groups in total. The maximum atomic E-state index is 13.8. The first-order chi connectivity index (χ1) is 19.7. The highest BCUT2D eigenvalue weighted by atomic mass is 16.7. The molecule has 0 aliphatic carbocycles. The van der Waals surface area contributed by atoms with E-state index in [1.807, 2.05) is 0 Å². The summed E-state index contributed by atoms with van der Waals surface area (Å²) >= 11 is 0. The van der Waals surface area contributed by atoms with Gasteiger partial charge in [0.1, 0.15) is 60.5 Å². The van der Waals surface area contributed by atoms with Gasteiger partial charge < -0.3 is 53.6 Å². The van der Waals surface area contributed by atoms with Crippen LogP contribution in [0.3, 0.4) is 0 Å². The molecule has 6 rings (SSSR count). The summed E-state index contributed by atoms with van der Waals surface area (Å²) in [4.78, 5) is 13.8. The highest BCUT2D eigenvalue weighted by Gasteiger charge is 2.47. The number of hydrogen-bond donors (Lipinski definition) is 4. The van der Waals surface area contributed by atoms with Crippen molar-refractivity contribution in [1.29, 1.82) is 0 Å². The summed E-state index contributed by atoms with van der Waals surface area (Å²) in [6, 6.07) is 6.89. The summed E-state index contributed by atoms with van der Waals surface area (Å²) in [5.41, 5.74) is 2.36. The zero-order chi connectivity index (χ0) is 29.0. The van der Waals surface area contributed by atoms with E-state index >= 15 is 0 Å². The van der Waals surface area contributed by atoms with Crippen molar-refractivity contribution >= 4 is 5.78 Å². The Morgan fingerprint density at radius 1 is 1.02 bits per heavy atom. The van der Waals surface area contributed by atoms with Crippen LogP contribution in [0.4, 0.5) is 0 Å². The van der Waals surface area contributed by atoms with Gasteiger partial charge in [-0.05, 0) is 23.8 Å². The maximum absolute atomic E-state index is 13.8. The number of rotatable bonds is 7. The Morgan fingerprint density at radius 3 is 2.51 bits per heavy atom. The van der Waals surface area contributed by atoms with Crippen LogP contribution >= 0.6 is 0 Å². The van der Waals surface area contributed by atoms with Crippen molar-refractivity contribution in [3.05, 3.63) is 53.1 Å². The molecule has 0 radical (unpaired) electrons. The van der Waals surface area contributed by atoms with E-state index in [1.54, 1.807) is 24.3 Å². The summed E-state index contributed by atoms with van der Waals surface area (Å²) in [5.74, 6) is 1.87. The molecule has 12 heteroatoms. The number of hydrogen-bond acceptors (Lipinski definition) is 12. The van der Waals surface area contributed by atoms with Gasteiger partial charge in [-0.25, -0.2) is 0 Å². The van der Waals surface area contributed by atoms with Crippen molar-refractivity contribution in [3.63, 3.8) is 0 Å². The van der Waals surface area contributed by atoms with Crippen LogP contribution in [0.2, 0.25) is 0 Å². The minimum absolute atomic E-state index is 0.0933. The second-order valence-electron chi connectivity index (χ2n) is 10.5. The van der Waals surface area contributed by atoms with Crippen LogP contribution in [-0.4, -0.2) is 103 Å². The molecule has 4 aliphatic rings. The average Bonchev–Trinajstić information content (AvgIpc) is 3.44. The van der Waals surface area contributed by atoms with Crippen molar-refractivity contribution in [3.8, 4) is 28.7 Å². The Hall–Kier alpha value is -3.39. The Balaban J connectivity index is 1.18. The van der Waals surface area contributed by atoms with Crippen molar-refractivity contribution in [2.45, 2.75) is 55.3 Å². The standard InChI is InChI=1S/C29H32O12/c1-12(10-38-29-27(34)26(33)25(32)21(9-30)41-29)17-7-15-16(39-17)5-4-13-24(31)23-14-6-19(35-2)20(36-3)8-18(14)37-11-22(23)40-28(13)15/h4-6,8,17,21-23,25-27,29-30,32-34H,1,7,9-11H2,2-3H3/t17-,21-,22+,23-,25-,26+,27-,29-/m0/s1. The molecule has 0 bridgehead atoms. The summed E-state index contributed by atoms with van der Waals surface area (Å²) in [7, 11) is 3.06. The smallest absolute Gasteiger partial charge is 0.187 e. The van der Waals surface area contributed by atoms with Crippen molar-refractivity contribution < 1.29 is 58.4 Å². The monoisotopic (exact) mass is 572 g/mol. The quantitative estimate of drug-likeness (QED) is 0.341. The molecule has 4 heterocycles. The number of aliphatic hydroxyl groups excluding tert-OH is 4. The third kappa shape index (κ3) is 4.60. The van der Waals surface area contributed by atoms with Crippen LogP contribution in [0.15, 0.2) is 36.4 Å². The lowest BCUT2D eigenvalue weighted by Crippen LogP contribution is -2.59. The predicted molar refractivity (Wildman–Crippen MR) is 140 cm³/mol. The molecule has 220 valence electrons. The first-order valence-electron chi connectivity index (χ1n) is 13.3. The molecule has 8 atom stereocenters. The SMILES string of the molecule is C=C(CO[C@H]1O[C@@H](CO)[C@H](O)[C@@H](O)[C@@H]1O)[C@@H]1Cc2c(ccc3c2O[C@@H]2COc4cc(OC)c(OC)cc4[C@@H]2C3=O)O1. The lowest BCUT2D eigenvalue weighted by atomic mass is 9.81. The van der Waals surface area contributed by atoms with Gasteiger partial charge in [-0.2, -0.15) is 0 Å². The molecule has 41 heavy (non-hydrogen) atoms. The van der Waals surface area contributed by atoms with Gasteiger partial charge >= 0.3 is 0 Å². The van der Waals surface area contributed by atoms with Gasteiger partial charge in [-0.15, -0.1) is 0 Å². The van der Waals surface area contributed by atoms with Gasteiger partial charge in [0, 0.05) is 23.6 Å². The predicted octanol–water partition coefficient (Wildman–Crippen LogP) is 0.500. The fourth-order valence-electron chi connectivity index (χ4n) is 5.78. The molecule has 12 nitrogen and oxygen atoms in total. The van der Waals surface area contributed by atoms with Crippen LogP contribution in [0.25, 0.3) is 0 Å². The summed E-state index contributed by atoms with van der Waals surface area (Å²) < 4.78 is 40.3. The van der Waals surface area contributed by atoms with Crippen molar-refractivity contribution in [1.82, 2.24) is 0 Å². The molecule has 1 fully saturated rings. The first kappa shape index (κ1) is 27.8. The van der Waals surface area contributed by atoms with Gasteiger partial charge in [0.15, 0.2) is 23.6 Å². The average molecular weight is 573 g/mol. The molecular weight excluding hydrogens is 540 g/mol. The van der Waals surface area contributed by atoms with E-state index in [2.05, 4.69) is 6.58 Å². The molecule has 2 aromatic rings. The number of fused-ring (bicyclic) bond motifs is 6. The van der Waals surface area contributed by atoms with Gasteiger partial charge in [-0.1, -0.05) is 6.58 Å². The number of carbonyl (C=O) groups is 1. The maximum Gasteiger partial charge on any atom is 0.187 e. The number of Topliss-reactive ketones (excluding diaryl/α,β-unsaturated/α-hetero) is 1. The van der Waals surface area contributed by atoms with Crippen molar-refractivity contribution in [2.24, 2.45) is 0 Å². The van der Waals surface area contributed by atoms with Gasteiger partial charge in [0.2, 0.25) is 0 Å². The number of methoxy groups -OCH3 is 2. The Labute approximate surface area is 235 Å². The molecule has 0 saturated carbocycles. The molecule has 2 aromatic carbocycles. The molecular formula is C29H32O12. The normalized spacial score (nSPS) is 31.4. The highest BCUT2D eigenvalue weighted by molar-refractivity contribution is 6.06. The fourth-order valence-corrected chi connectivity index (χ4v) is 5.78. The summed E-state index contributed by atoms with van der Waals surface area (Å²) in [6.45, 7) is 3.57. The van der Waals surface area contributed by atoms with E-state index in [0.717, 1.165) is 5.56 Å². The lowest BCUT2D eigenvalue weighted by Gasteiger charge is -2.39. The van der Waals surface area contributed by atoms with Gasteiger partial charge in [0.05, 0.1) is 38.9 Å². The summed E-state index contributed by atoms with van der Waals surface area (Å²) in [6.07, 6.45) is -7.62. The zero-order valence-electron chi connectivity index (χ0n) is 22.5. The van der Waals surface area contributed by atoms with E-state index in [9.17, 15) is 25.2 Å². The van der Waals surface area contributed by atoms with E-state index in [-0.39, 0.29) is 19.0 Å². The third-order valence-corrected chi connectivity index (χ3v) is 8.06. The molecule has 0 spiro atoms. The topological polar surface area (TPSA) is 163 Å². The van der Waals surface area contributed by atoms with E-state index in [4.69, 9.17) is 33.2 Å². The minimum atomic E-state index is -1.55. The first-order valence-corrected chi connectivity index (χ1v) is 13.3. The fraction of sp³-hybridized carbons (Fsp3) is 0.483. The Kier molecular flexibility index (Phi) is 7.30. The number of aliphatic hydroxyl groups is 4. The molecule has 1 saturated heterocycles. The van der Waals surface area contributed by atoms with Crippen LogP contribution in [0.5, 0.6) is 28.7 Å². The zero-order valence-corrected chi connectivity index (χ0v) is 22.5. The molecule has 4 aliphatic heterocycles. The third-order valence-electron chi connectivity index (χ3n) is 8.06. The van der Waals surface area contributed by atoms with Crippen molar-refractivity contribution in [2.75, 3.05) is 34.0 Å². The highest BCUT2D eigenvalue weighted by Crippen LogP contribution is 2.50. The number of carbonyl (C=O) groups excluding carboxylic acids is 1. The Morgan fingerprint density at radius 2 is 1.78 bits per heavy atom. The second kappa shape index (κ2) is 10.8. The second-order valence-corrected chi connectivity index (χ2v) is 10.5. The molecule has 0 aromatic heterocycles.